The van der Waals surface area contributed by atoms with Gasteiger partial charge in [-0.15, -0.1) is 0 Å². The molecule has 8 nitrogen and oxygen atoms in total. The zero-order valence-electron chi connectivity index (χ0n) is 23.2. The lowest BCUT2D eigenvalue weighted by Crippen LogP contribution is -2.25. The van der Waals surface area contributed by atoms with Crippen LogP contribution in [0.15, 0.2) is 67.4 Å². The molecule has 12 heteroatoms. The molecule has 0 bridgehead atoms. The minimum absolute atomic E-state index is 0.120. The number of nitrogens with zero attached hydrogens (tertiary/aromatic N) is 3. The monoisotopic (exact) mass is 732 g/mol. The topological polar surface area (TPSA) is 94.8 Å². The fraction of sp³-hybridized carbons (Fsp3) is 0.290. The third-order valence-electron chi connectivity index (χ3n) is 7.05. The first kappa shape index (κ1) is 31.2. The largest absolute Gasteiger partial charge is 0.490 e. The molecule has 0 atom stereocenters. The van der Waals surface area contributed by atoms with E-state index in [0.29, 0.717) is 44.8 Å². The van der Waals surface area contributed by atoms with E-state index in [1.54, 1.807) is 12.1 Å². The molecule has 0 unspecified atom stereocenters. The molecule has 1 fully saturated rings. The number of halogens is 4. The number of rotatable bonds is 9. The number of anilines is 1. The van der Waals surface area contributed by atoms with Gasteiger partial charge in [-0.1, -0.05) is 46.8 Å². The number of hydrogen-bond acceptors (Lipinski definition) is 6. The highest BCUT2D eigenvalue weighted by Crippen LogP contribution is 2.42. The van der Waals surface area contributed by atoms with Gasteiger partial charge in [0.25, 0.3) is 11.5 Å². The number of hydrogen-bond donors (Lipinski definition) is 1. The number of benzene rings is 3. The molecule has 224 valence electrons. The summed E-state index contributed by atoms with van der Waals surface area (Å²) in [6.45, 7) is 1.75. The molecule has 4 aromatic rings. The lowest BCUT2D eigenvalue weighted by molar-refractivity contribution is -0.118. The molecular formula is C31H28Br2ClFN4O4. The molecule has 1 amide bonds. The molecule has 3 aromatic carbocycles. The lowest BCUT2D eigenvalue weighted by atomic mass is 9.88. The number of aromatic nitrogens is 2. The molecular weight excluding hydrogens is 707 g/mol. The van der Waals surface area contributed by atoms with Crippen LogP contribution in [0.2, 0.25) is 5.02 Å². The quantitative estimate of drug-likeness (QED) is 0.176. The molecule has 1 saturated carbocycles. The van der Waals surface area contributed by atoms with E-state index in [9.17, 15) is 14.0 Å². The summed E-state index contributed by atoms with van der Waals surface area (Å²) in [5.74, 6) is 0.351. The van der Waals surface area contributed by atoms with E-state index in [1.165, 1.54) is 41.6 Å². The van der Waals surface area contributed by atoms with E-state index in [2.05, 4.69) is 42.3 Å². The van der Waals surface area contributed by atoms with E-state index in [-0.39, 0.29) is 28.9 Å². The van der Waals surface area contributed by atoms with Crippen molar-refractivity contribution in [1.29, 1.82) is 0 Å². The van der Waals surface area contributed by atoms with Gasteiger partial charge in [-0.25, -0.2) is 9.37 Å². The van der Waals surface area contributed by atoms with Gasteiger partial charge in [0, 0.05) is 26.1 Å². The van der Waals surface area contributed by atoms with Crippen LogP contribution in [0.25, 0.3) is 10.9 Å². The maximum Gasteiger partial charge on any atom is 0.282 e. The predicted octanol–water partition coefficient (Wildman–Crippen LogP) is 8.06. The molecule has 0 spiro atoms. The first-order chi connectivity index (χ1) is 20.7. The Morgan fingerprint density at radius 3 is 2.60 bits per heavy atom. The van der Waals surface area contributed by atoms with E-state index in [1.807, 2.05) is 19.1 Å². The van der Waals surface area contributed by atoms with Crippen molar-refractivity contribution in [3.63, 3.8) is 0 Å². The van der Waals surface area contributed by atoms with Crippen LogP contribution >= 0.6 is 43.5 Å². The van der Waals surface area contributed by atoms with Gasteiger partial charge < -0.3 is 14.8 Å². The average molecular weight is 735 g/mol. The van der Waals surface area contributed by atoms with Gasteiger partial charge in [-0.3, -0.25) is 9.59 Å². The SMILES string of the molecule is CCOc1cc(C=Nn2c(C3CCCCC3)nc3ccc(Br)cc3c2=O)c(Br)c(Cl)c1OCC(=O)Nc1ccc(F)cc1. The maximum atomic E-state index is 13.7. The second-order valence-electron chi connectivity index (χ2n) is 10.0. The second-order valence-corrected chi connectivity index (χ2v) is 12.1. The summed E-state index contributed by atoms with van der Waals surface area (Å²) in [5, 5.41) is 7.88. The van der Waals surface area contributed by atoms with Crippen molar-refractivity contribution in [2.75, 3.05) is 18.5 Å². The standard InChI is InChI=1S/C31H28Br2ClFN4O4/c1-2-42-25-14-19(27(33)28(34)29(25)43-17-26(40)37-22-11-9-21(35)10-12-22)16-36-39-30(18-6-4-3-5-7-18)38-24-13-8-20(32)15-23(24)31(39)41/h8-16,18H,2-7,17H2,1H3,(H,37,40). The highest BCUT2D eigenvalue weighted by molar-refractivity contribution is 9.10. The van der Waals surface area contributed by atoms with E-state index < -0.39 is 11.7 Å². The summed E-state index contributed by atoms with van der Waals surface area (Å²) in [6.07, 6.45) is 6.72. The summed E-state index contributed by atoms with van der Waals surface area (Å²) in [6, 6.07) is 12.5. The Morgan fingerprint density at radius 1 is 1.14 bits per heavy atom. The van der Waals surface area contributed by atoms with Crippen molar-refractivity contribution in [2.24, 2.45) is 5.10 Å². The number of carbonyl (C=O) groups is 1. The Balaban J connectivity index is 1.47. The fourth-order valence-electron chi connectivity index (χ4n) is 4.99. The zero-order chi connectivity index (χ0) is 30.5. The highest BCUT2D eigenvalue weighted by atomic mass is 79.9. The molecule has 1 aliphatic carbocycles. The summed E-state index contributed by atoms with van der Waals surface area (Å²) in [4.78, 5) is 31.0. The third kappa shape index (κ3) is 7.27. The van der Waals surface area contributed by atoms with Crippen LogP contribution in [0.5, 0.6) is 11.5 Å². The van der Waals surface area contributed by atoms with Gasteiger partial charge in [-0.05, 0) is 84.2 Å². The molecule has 0 radical (unpaired) electrons. The smallest absolute Gasteiger partial charge is 0.282 e. The van der Waals surface area contributed by atoms with Crippen molar-refractivity contribution in [1.82, 2.24) is 9.66 Å². The first-order valence-electron chi connectivity index (χ1n) is 13.8. The third-order valence-corrected chi connectivity index (χ3v) is 8.98. The van der Waals surface area contributed by atoms with Crippen LogP contribution in [-0.4, -0.2) is 35.0 Å². The molecule has 0 saturated heterocycles. The second kappa shape index (κ2) is 14.0. The molecule has 1 aromatic heterocycles. The lowest BCUT2D eigenvalue weighted by Gasteiger charge is -2.23. The van der Waals surface area contributed by atoms with Crippen LogP contribution in [0.1, 0.15) is 56.3 Å². The molecule has 1 N–H and O–H groups in total. The van der Waals surface area contributed by atoms with Gasteiger partial charge in [0.2, 0.25) is 0 Å². The Hall–Kier alpha value is -3.28. The van der Waals surface area contributed by atoms with Crippen molar-refractivity contribution < 1.29 is 18.7 Å². The normalized spacial score (nSPS) is 13.9. The van der Waals surface area contributed by atoms with E-state index in [0.717, 1.165) is 30.2 Å². The number of carbonyl (C=O) groups excluding carboxylic acids is 1. The molecule has 43 heavy (non-hydrogen) atoms. The number of amides is 1. The highest BCUT2D eigenvalue weighted by Gasteiger charge is 2.23. The molecule has 0 aliphatic heterocycles. The van der Waals surface area contributed by atoms with Gasteiger partial charge in [-0.2, -0.15) is 9.78 Å². The summed E-state index contributed by atoms with van der Waals surface area (Å²) < 4.78 is 27.3. The van der Waals surface area contributed by atoms with Crippen LogP contribution in [0.4, 0.5) is 10.1 Å². The zero-order valence-corrected chi connectivity index (χ0v) is 27.1. The average Bonchev–Trinajstić information content (AvgIpc) is 3.00. The van der Waals surface area contributed by atoms with Crippen LogP contribution < -0.4 is 20.3 Å². The van der Waals surface area contributed by atoms with Crippen LogP contribution in [-0.2, 0) is 4.79 Å². The van der Waals surface area contributed by atoms with Gasteiger partial charge in [0.05, 0.1) is 23.7 Å². The summed E-state index contributed by atoms with van der Waals surface area (Å²) >= 11 is 13.7. The van der Waals surface area contributed by atoms with Gasteiger partial charge >= 0.3 is 0 Å². The van der Waals surface area contributed by atoms with E-state index >= 15 is 0 Å². The predicted molar refractivity (Wildman–Crippen MR) is 173 cm³/mol. The minimum atomic E-state index is -0.461. The van der Waals surface area contributed by atoms with Crippen molar-refractivity contribution in [2.45, 2.75) is 44.9 Å². The fourth-order valence-corrected chi connectivity index (χ4v) is 6.00. The summed E-state index contributed by atoms with van der Waals surface area (Å²) in [5.41, 5.74) is 1.33. The minimum Gasteiger partial charge on any atom is -0.490 e. The summed E-state index contributed by atoms with van der Waals surface area (Å²) in [7, 11) is 0. The Morgan fingerprint density at radius 2 is 1.88 bits per heavy atom. The van der Waals surface area contributed by atoms with Crippen LogP contribution in [0.3, 0.4) is 0 Å². The van der Waals surface area contributed by atoms with Crippen molar-refractivity contribution >= 4 is 72.2 Å². The van der Waals surface area contributed by atoms with Gasteiger partial charge in [0.1, 0.15) is 16.7 Å². The van der Waals surface area contributed by atoms with E-state index in [4.69, 9.17) is 26.1 Å². The Bertz CT molecular complexity index is 1740. The first-order valence-corrected chi connectivity index (χ1v) is 15.8. The molecule has 5 rings (SSSR count). The van der Waals surface area contributed by atoms with Crippen molar-refractivity contribution in [3.8, 4) is 11.5 Å². The maximum absolute atomic E-state index is 13.7. The molecule has 1 aliphatic rings. The van der Waals surface area contributed by atoms with Gasteiger partial charge in [0.15, 0.2) is 18.1 Å². The number of ether oxygens (including phenoxy) is 2. The van der Waals surface area contributed by atoms with Crippen molar-refractivity contribution in [3.05, 3.63) is 90.1 Å². The molecule has 1 heterocycles. The van der Waals surface area contributed by atoms with Crippen LogP contribution in [0, 0.1) is 5.82 Å². The Kier molecular flexibility index (Phi) is 10.1. The number of fused-ring (bicyclic) bond motifs is 1. The Labute approximate surface area is 269 Å². The number of nitrogens with one attached hydrogen (secondary N) is 1.